The fourth-order valence-corrected chi connectivity index (χ4v) is 1.73. The van der Waals surface area contributed by atoms with Crippen molar-refractivity contribution in [3.8, 4) is 0 Å². The lowest BCUT2D eigenvalue weighted by molar-refractivity contribution is 0.0768. The molecule has 0 amide bonds. The van der Waals surface area contributed by atoms with Gasteiger partial charge in [0.05, 0.1) is 11.1 Å². The van der Waals surface area contributed by atoms with Crippen LogP contribution in [0.25, 0.3) is 0 Å². The smallest absolute Gasteiger partial charge is 0.142 e. The predicted octanol–water partition coefficient (Wildman–Crippen LogP) is 3.94. The topological polar surface area (TPSA) is 21.3 Å². The summed E-state index contributed by atoms with van der Waals surface area (Å²) in [5.74, 6) is -0.369. The highest BCUT2D eigenvalue weighted by atomic mass is 35.5. The quantitative estimate of drug-likeness (QED) is 0.760. The van der Waals surface area contributed by atoms with Gasteiger partial charge >= 0.3 is 0 Å². The van der Waals surface area contributed by atoms with Gasteiger partial charge in [-0.2, -0.15) is 0 Å². The van der Waals surface area contributed by atoms with Gasteiger partial charge in [-0.15, -0.1) is 0 Å². The van der Waals surface area contributed by atoms with E-state index in [0.29, 0.717) is 0 Å². The highest BCUT2D eigenvalue weighted by Crippen LogP contribution is 2.19. The summed E-state index contributed by atoms with van der Waals surface area (Å²) in [5.41, 5.74) is 0.904. The zero-order chi connectivity index (χ0) is 13.5. The molecule has 1 atom stereocenters. The Bertz CT molecular complexity index is 371. The van der Waals surface area contributed by atoms with E-state index in [1.54, 1.807) is 6.07 Å². The Morgan fingerprint density at radius 1 is 1.33 bits per heavy atom. The van der Waals surface area contributed by atoms with Crippen LogP contribution in [-0.2, 0) is 4.74 Å². The third-order valence-electron chi connectivity index (χ3n) is 2.67. The van der Waals surface area contributed by atoms with Crippen molar-refractivity contribution in [2.75, 3.05) is 13.2 Å². The molecule has 1 aromatic carbocycles. The lowest BCUT2D eigenvalue weighted by atomic mass is 10.1. The number of nitrogens with one attached hydrogen (secondary N) is 1. The molecule has 102 valence electrons. The molecule has 0 fully saturated rings. The minimum Gasteiger partial charge on any atom is -0.379 e. The van der Waals surface area contributed by atoms with E-state index >= 15 is 0 Å². The highest BCUT2D eigenvalue weighted by Gasteiger charge is 2.07. The number of hydrogen-bond acceptors (Lipinski definition) is 2. The number of halogens is 2. The third kappa shape index (κ3) is 5.34. The van der Waals surface area contributed by atoms with Crippen LogP contribution in [0.3, 0.4) is 0 Å². The molecule has 0 aliphatic heterocycles. The zero-order valence-corrected chi connectivity index (χ0v) is 11.9. The molecule has 1 aromatic rings. The van der Waals surface area contributed by atoms with Crippen LogP contribution in [-0.4, -0.2) is 19.3 Å². The Labute approximate surface area is 113 Å². The van der Waals surface area contributed by atoms with Gasteiger partial charge in [-0.3, -0.25) is 0 Å². The van der Waals surface area contributed by atoms with Crippen LogP contribution in [0.1, 0.15) is 38.8 Å². The van der Waals surface area contributed by atoms with Crippen molar-refractivity contribution in [1.82, 2.24) is 5.32 Å². The Hall–Kier alpha value is -0.640. The van der Waals surface area contributed by atoms with Crippen molar-refractivity contribution < 1.29 is 9.13 Å². The molecule has 1 rings (SSSR count). The summed E-state index contributed by atoms with van der Waals surface area (Å²) in [4.78, 5) is 0. The Morgan fingerprint density at radius 3 is 2.67 bits per heavy atom. The maximum Gasteiger partial charge on any atom is 0.142 e. The summed E-state index contributed by atoms with van der Waals surface area (Å²) in [6, 6.07) is 5.01. The molecule has 0 radical (unpaired) electrons. The molecule has 1 N–H and O–H groups in total. The molecule has 0 aliphatic rings. The molecule has 4 heteroatoms. The normalized spacial score (nSPS) is 13.0. The molecule has 0 bridgehead atoms. The SMILES string of the molecule is CC(C)OCCCNC(C)c1ccc(Cl)c(F)c1. The van der Waals surface area contributed by atoms with E-state index in [1.165, 1.54) is 6.07 Å². The highest BCUT2D eigenvalue weighted by molar-refractivity contribution is 6.30. The Kier molecular flexibility index (Phi) is 6.61. The van der Waals surface area contributed by atoms with Gasteiger partial charge in [0, 0.05) is 12.6 Å². The summed E-state index contributed by atoms with van der Waals surface area (Å²) < 4.78 is 18.7. The minimum absolute atomic E-state index is 0.107. The molecule has 0 heterocycles. The van der Waals surface area contributed by atoms with Crippen LogP contribution in [0.5, 0.6) is 0 Å². The number of benzene rings is 1. The van der Waals surface area contributed by atoms with Crippen LogP contribution in [0.2, 0.25) is 5.02 Å². The first-order valence-electron chi connectivity index (χ1n) is 6.30. The van der Waals surface area contributed by atoms with E-state index in [0.717, 1.165) is 25.1 Å². The van der Waals surface area contributed by atoms with E-state index in [-0.39, 0.29) is 23.0 Å². The summed E-state index contributed by atoms with van der Waals surface area (Å²) in [6.45, 7) is 7.63. The summed E-state index contributed by atoms with van der Waals surface area (Å²) in [5, 5.41) is 3.49. The van der Waals surface area contributed by atoms with Crippen LogP contribution in [0.15, 0.2) is 18.2 Å². The molecule has 1 unspecified atom stereocenters. The predicted molar refractivity (Wildman–Crippen MR) is 73.5 cm³/mol. The Balaban J connectivity index is 2.31. The molecule has 0 saturated carbocycles. The van der Waals surface area contributed by atoms with E-state index in [9.17, 15) is 4.39 Å². The van der Waals surface area contributed by atoms with Gasteiger partial charge in [-0.25, -0.2) is 4.39 Å². The average Bonchev–Trinajstić information content (AvgIpc) is 2.31. The van der Waals surface area contributed by atoms with E-state index in [2.05, 4.69) is 5.32 Å². The van der Waals surface area contributed by atoms with Crippen LogP contribution < -0.4 is 5.32 Å². The van der Waals surface area contributed by atoms with Gasteiger partial charge in [-0.1, -0.05) is 17.7 Å². The van der Waals surface area contributed by atoms with E-state index in [1.807, 2.05) is 26.8 Å². The van der Waals surface area contributed by atoms with E-state index in [4.69, 9.17) is 16.3 Å². The summed E-state index contributed by atoms with van der Waals surface area (Å²) >= 11 is 5.65. The number of rotatable bonds is 7. The first-order chi connectivity index (χ1) is 8.50. The van der Waals surface area contributed by atoms with Gasteiger partial charge in [0.1, 0.15) is 5.82 Å². The second-order valence-electron chi connectivity index (χ2n) is 4.62. The standard InChI is InChI=1S/C14H21ClFNO/c1-10(2)18-8-4-7-17-11(3)12-5-6-13(15)14(16)9-12/h5-6,9-11,17H,4,7-8H2,1-3H3. The first-order valence-corrected chi connectivity index (χ1v) is 6.68. The third-order valence-corrected chi connectivity index (χ3v) is 2.97. The average molecular weight is 274 g/mol. The summed E-state index contributed by atoms with van der Waals surface area (Å²) in [7, 11) is 0. The van der Waals surface area contributed by atoms with Crippen molar-refractivity contribution in [2.45, 2.75) is 39.3 Å². The second kappa shape index (κ2) is 7.72. The minimum atomic E-state index is -0.369. The molecular formula is C14H21ClFNO. The monoisotopic (exact) mass is 273 g/mol. The zero-order valence-electron chi connectivity index (χ0n) is 11.2. The summed E-state index contributed by atoms with van der Waals surface area (Å²) in [6.07, 6.45) is 1.21. The van der Waals surface area contributed by atoms with Crippen molar-refractivity contribution in [1.29, 1.82) is 0 Å². The van der Waals surface area contributed by atoms with Gasteiger partial charge in [-0.05, 0) is 51.4 Å². The van der Waals surface area contributed by atoms with Gasteiger partial charge in [0.15, 0.2) is 0 Å². The van der Waals surface area contributed by atoms with Crippen LogP contribution in [0.4, 0.5) is 4.39 Å². The number of ether oxygens (including phenoxy) is 1. The molecule has 0 saturated heterocycles. The van der Waals surface area contributed by atoms with Crippen molar-refractivity contribution in [3.63, 3.8) is 0 Å². The lowest BCUT2D eigenvalue weighted by Gasteiger charge is -2.15. The molecule has 0 aliphatic carbocycles. The first kappa shape index (κ1) is 15.4. The Morgan fingerprint density at radius 2 is 2.06 bits per heavy atom. The fraction of sp³-hybridized carbons (Fsp3) is 0.571. The molecule has 0 aromatic heterocycles. The second-order valence-corrected chi connectivity index (χ2v) is 5.03. The van der Waals surface area contributed by atoms with E-state index < -0.39 is 0 Å². The fourth-order valence-electron chi connectivity index (χ4n) is 1.61. The van der Waals surface area contributed by atoms with Crippen molar-refractivity contribution >= 4 is 11.6 Å². The lowest BCUT2D eigenvalue weighted by Crippen LogP contribution is -2.21. The molecular weight excluding hydrogens is 253 g/mol. The maximum absolute atomic E-state index is 13.3. The van der Waals surface area contributed by atoms with Crippen LogP contribution in [0, 0.1) is 5.82 Å². The molecule has 0 spiro atoms. The van der Waals surface area contributed by atoms with Gasteiger partial charge < -0.3 is 10.1 Å². The van der Waals surface area contributed by atoms with Crippen molar-refractivity contribution in [3.05, 3.63) is 34.6 Å². The van der Waals surface area contributed by atoms with Gasteiger partial charge in [0.2, 0.25) is 0 Å². The maximum atomic E-state index is 13.3. The van der Waals surface area contributed by atoms with Crippen molar-refractivity contribution in [2.24, 2.45) is 0 Å². The van der Waals surface area contributed by atoms with Crippen LogP contribution >= 0.6 is 11.6 Å². The molecule has 2 nitrogen and oxygen atoms in total. The molecule has 18 heavy (non-hydrogen) atoms. The number of hydrogen-bond donors (Lipinski definition) is 1. The largest absolute Gasteiger partial charge is 0.379 e. The van der Waals surface area contributed by atoms with Gasteiger partial charge in [0.25, 0.3) is 0 Å².